The Labute approximate surface area is 111 Å². The summed E-state index contributed by atoms with van der Waals surface area (Å²) >= 11 is 1.69. The third kappa shape index (κ3) is 2.47. The van der Waals surface area contributed by atoms with Crippen molar-refractivity contribution in [1.82, 2.24) is 10.2 Å². The van der Waals surface area contributed by atoms with Crippen LogP contribution < -0.4 is 5.32 Å². The zero-order valence-electron chi connectivity index (χ0n) is 10.7. The summed E-state index contributed by atoms with van der Waals surface area (Å²) < 4.78 is 0. The quantitative estimate of drug-likeness (QED) is 0.823. The zero-order valence-corrected chi connectivity index (χ0v) is 11.5. The molecule has 98 valence electrons. The summed E-state index contributed by atoms with van der Waals surface area (Å²) in [5.74, 6) is -0.154. The van der Waals surface area contributed by atoms with Gasteiger partial charge in [0.25, 0.3) is 0 Å². The van der Waals surface area contributed by atoms with Crippen molar-refractivity contribution in [2.24, 2.45) is 0 Å². The molecule has 1 fully saturated rings. The van der Waals surface area contributed by atoms with Crippen molar-refractivity contribution in [3.63, 3.8) is 0 Å². The van der Waals surface area contributed by atoms with Crippen LogP contribution in [-0.4, -0.2) is 29.3 Å². The Hall–Kier alpha value is -1.20. The van der Waals surface area contributed by atoms with Gasteiger partial charge >= 0.3 is 0 Å². The van der Waals surface area contributed by atoms with E-state index < -0.39 is 0 Å². The predicted octanol–water partition coefficient (Wildman–Crippen LogP) is 1.55. The summed E-state index contributed by atoms with van der Waals surface area (Å²) in [5.41, 5.74) is 1.32. The Bertz CT molecular complexity index is 456. The van der Waals surface area contributed by atoms with Crippen molar-refractivity contribution >= 4 is 23.2 Å². The molecule has 1 aromatic rings. The Morgan fingerprint density at radius 2 is 2.22 bits per heavy atom. The number of likely N-dealkylation sites (N-methyl/N-ethyl adjacent to an activating group) is 1. The molecule has 18 heavy (non-hydrogen) atoms. The fourth-order valence-electron chi connectivity index (χ4n) is 2.23. The molecule has 5 heteroatoms. The molecule has 0 aliphatic carbocycles. The molecule has 0 aromatic carbocycles. The van der Waals surface area contributed by atoms with Gasteiger partial charge in [0.2, 0.25) is 11.8 Å². The molecular formula is C13H18N2O2S. The highest BCUT2D eigenvalue weighted by atomic mass is 32.1. The number of thiophene rings is 1. The van der Waals surface area contributed by atoms with Crippen LogP contribution in [0.3, 0.4) is 0 Å². The number of rotatable bonds is 5. The van der Waals surface area contributed by atoms with E-state index in [-0.39, 0.29) is 17.9 Å². The highest BCUT2D eigenvalue weighted by Gasteiger charge is 2.37. The van der Waals surface area contributed by atoms with Crippen LogP contribution in [0.2, 0.25) is 0 Å². The van der Waals surface area contributed by atoms with Crippen LogP contribution in [0.25, 0.3) is 0 Å². The average Bonchev–Trinajstić information content (AvgIpc) is 2.91. The maximum atomic E-state index is 11.9. The SMILES string of the molecule is CCc1ccsc1CNC1CC(=O)N(CC)C1=O. The third-order valence-electron chi connectivity index (χ3n) is 3.29. The first-order valence-electron chi connectivity index (χ1n) is 6.30. The van der Waals surface area contributed by atoms with Crippen molar-refractivity contribution in [1.29, 1.82) is 0 Å². The Morgan fingerprint density at radius 1 is 1.44 bits per heavy atom. The van der Waals surface area contributed by atoms with Gasteiger partial charge in [0.15, 0.2) is 0 Å². The van der Waals surface area contributed by atoms with Crippen LogP contribution >= 0.6 is 11.3 Å². The molecule has 2 rings (SSSR count). The smallest absolute Gasteiger partial charge is 0.246 e. The lowest BCUT2D eigenvalue weighted by molar-refractivity contribution is -0.138. The molecule has 0 saturated carbocycles. The first kappa shape index (κ1) is 13.2. The monoisotopic (exact) mass is 266 g/mol. The minimum absolute atomic E-state index is 0.0677. The van der Waals surface area contributed by atoms with E-state index in [1.54, 1.807) is 11.3 Å². The molecule has 1 saturated heterocycles. The number of hydrogen-bond acceptors (Lipinski definition) is 4. The predicted molar refractivity (Wildman–Crippen MR) is 71.3 cm³/mol. The van der Waals surface area contributed by atoms with Gasteiger partial charge in [-0.3, -0.25) is 14.5 Å². The second-order valence-corrected chi connectivity index (χ2v) is 5.34. The van der Waals surface area contributed by atoms with Crippen LogP contribution in [-0.2, 0) is 22.6 Å². The molecule has 1 aromatic heterocycles. The number of imide groups is 1. The minimum atomic E-state index is -0.343. The third-order valence-corrected chi connectivity index (χ3v) is 4.25. The molecule has 1 N–H and O–H groups in total. The molecule has 0 radical (unpaired) electrons. The summed E-state index contributed by atoms with van der Waals surface area (Å²) in [5, 5.41) is 5.27. The van der Waals surface area contributed by atoms with Crippen molar-refractivity contribution < 1.29 is 9.59 Å². The van der Waals surface area contributed by atoms with E-state index in [0.29, 0.717) is 19.5 Å². The first-order valence-corrected chi connectivity index (χ1v) is 7.18. The van der Waals surface area contributed by atoms with Gasteiger partial charge in [-0.05, 0) is 30.4 Å². The molecule has 0 spiro atoms. The number of amides is 2. The normalized spacial score (nSPS) is 19.9. The Balaban J connectivity index is 1.96. The van der Waals surface area contributed by atoms with E-state index in [0.717, 1.165) is 6.42 Å². The largest absolute Gasteiger partial charge is 0.300 e. The van der Waals surface area contributed by atoms with E-state index in [2.05, 4.69) is 23.7 Å². The lowest BCUT2D eigenvalue weighted by atomic mass is 10.2. The van der Waals surface area contributed by atoms with E-state index in [9.17, 15) is 9.59 Å². The molecule has 0 bridgehead atoms. The van der Waals surface area contributed by atoms with Gasteiger partial charge in [0, 0.05) is 18.0 Å². The van der Waals surface area contributed by atoms with E-state index >= 15 is 0 Å². The number of hydrogen-bond donors (Lipinski definition) is 1. The van der Waals surface area contributed by atoms with Gasteiger partial charge in [0.05, 0.1) is 12.5 Å². The summed E-state index contributed by atoms with van der Waals surface area (Å²) in [6.07, 6.45) is 1.29. The Morgan fingerprint density at radius 3 is 2.83 bits per heavy atom. The van der Waals surface area contributed by atoms with Crippen molar-refractivity contribution in [3.05, 3.63) is 21.9 Å². The summed E-state index contributed by atoms with van der Waals surface area (Å²) in [6, 6.07) is 1.77. The van der Waals surface area contributed by atoms with Crippen LogP contribution in [0.4, 0.5) is 0 Å². The fraction of sp³-hybridized carbons (Fsp3) is 0.538. The summed E-state index contributed by atoms with van der Waals surface area (Å²) in [4.78, 5) is 26.1. The first-order chi connectivity index (χ1) is 8.67. The van der Waals surface area contributed by atoms with Crippen LogP contribution in [0, 0.1) is 0 Å². The molecule has 1 aliphatic heterocycles. The van der Waals surface area contributed by atoms with Gasteiger partial charge in [-0.25, -0.2) is 0 Å². The molecular weight excluding hydrogens is 248 g/mol. The topological polar surface area (TPSA) is 49.4 Å². The number of aryl methyl sites for hydroxylation is 1. The second-order valence-electron chi connectivity index (χ2n) is 4.34. The fourth-order valence-corrected chi connectivity index (χ4v) is 3.15. The average molecular weight is 266 g/mol. The zero-order chi connectivity index (χ0) is 13.1. The lowest BCUT2D eigenvalue weighted by Crippen LogP contribution is -2.38. The van der Waals surface area contributed by atoms with Crippen molar-refractivity contribution in [2.75, 3.05) is 6.54 Å². The van der Waals surface area contributed by atoms with Crippen LogP contribution in [0.5, 0.6) is 0 Å². The number of nitrogens with zero attached hydrogens (tertiary/aromatic N) is 1. The summed E-state index contributed by atoms with van der Waals surface area (Å²) in [6.45, 7) is 5.08. The van der Waals surface area contributed by atoms with Gasteiger partial charge < -0.3 is 5.32 Å². The van der Waals surface area contributed by atoms with Crippen LogP contribution in [0.15, 0.2) is 11.4 Å². The van der Waals surface area contributed by atoms with Crippen molar-refractivity contribution in [2.45, 2.75) is 39.3 Å². The van der Waals surface area contributed by atoms with Gasteiger partial charge in [-0.1, -0.05) is 6.92 Å². The molecule has 2 heterocycles. The van der Waals surface area contributed by atoms with Gasteiger partial charge in [-0.2, -0.15) is 0 Å². The van der Waals surface area contributed by atoms with E-state index in [4.69, 9.17) is 0 Å². The highest BCUT2D eigenvalue weighted by Crippen LogP contribution is 2.19. The Kier molecular flexibility index (Phi) is 4.14. The maximum Gasteiger partial charge on any atom is 0.246 e. The van der Waals surface area contributed by atoms with E-state index in [1.165, 1.54) is 15.3 Å². The number of carbonyl (C=O) groups is 2. The lowest BCUT2D eigenvalue weighted by Gasteiger charge is -2.13. The summed E-state index contributed by atoms with van der Waals surface area (Å²) in [7, 11) is 0. The second kappa shape index (κ2) is 5.63. The standard InChI is InChI=1S/C13H18N2O2S/c1-3-9-5-6-18-11(9)8-14-10-7-12(16)15(4-2)13(10)17/h5-6,10,14H,3-4,7-8H2,1-2H3. The molecule has 1 unspecified atom stereocenters. The molecule has 2 amide bonds. The van der Waals surface area contributed by atoms with Crippen molar-refractivity contribution in [3.8, 4) is 0 Å². The number of nitrogens with one attached hydrogen (secondary N) is 1. The van der Waals surface area contributed by atoms with E-state index in [1.807, 2.05) is 6.92 Å². The van der Waals surface area contributed by atoms with Gasteiger partial charge in [0.1, 0.15) is 0 Å². The maximum absolute atomic E-state index is 11.9. The van der Waals surface area contributed by atoms with Crippen LogP contribution in [0.1, 0.15) is 30.7 Å². The molecule has 4 nitrogen and oxygen atoms in total. The molecule has 1 aliphatic rings. The number of carbonyl (C=O) groups excluding carboxylic acids is 2. The molecule has 1 atom stereocenters. The van der Waals surface area contributed by atoms with Gasteiger partial charge in [-0.15, -0.1) is 11.3 Å². The minimum Gasteiger partial charge on any atom is -0.300 e. The highest BCUT2D eigenvalue weighted by molar-refractivity contribution is 7.10. The number of likely N-dealkylation sites (tertiary alicyclic amines) is 1.